The molecule has 1 amide bonds. The van der Waals surface area contributed by atoms with Crippen LogP contribution < -0.4 is 5.32 Å². The Balaban J connectivity index is 1.28. The van der Waals surface area contributed by atoms with Crippen molar-refractivity contribution in [3.8, 4) is 11.1 Å². The van der Waals surface area contributed by atoms with Gasteiger partial charge in [0, 0.05) is 43.6 Å². The molecule has 0 unspecified atom stereocenters. The molecule has 1 fully saturated rings. The van der Waals surface area contributed by atoms with Gasteiger partial charge in [0.15, 0.2) is 0 Å². The molecule has 0 spiro atoms. The number of aromatic nitrogens is 2. The Labute approximate surface area is 172 Å². The van der Waals surface area contributed by atoms with Gasteiger partial charge in [-0.2, -0.15) is 5.10 Å². The third kappa shape index (κ3) is 4.93. The molecule has 5 nitrogen and oxygen atoms in total. The molecule has 1 aliphatic heterocycles. The maximum absolute atomic E-state index is 12.5. The van der Waals surface area contributed by atoms with Crippen molar-refractivity contribution >= 4 is 11.6 Å². The van der Waals surface area contributed by atoms with Crippen molar-refractivity contribution in [3.63, 3.8) is 0 Å². The van der Waals surface area contributed by atoms with E-state index in [1.807, 2.05) is 41.2 Å². The molecular formula is C24H28N4O. The first-order valence-corrected chi connectivity index (χ1v) is 10.3. The number of anilines is 1. The van der Waals surface area contributed by atoms with Crippen molar-refractivity contribution in [1.29, 1.82) is 0 Å². The highest BCUT2D eigenvalue weighted by atomic mass is 16.2. The molecule has 2 heterocycles. The van der Waals surface area contributed by atoms with Crippen LogP contribution in [0.15, 0.2) is 67.0 Å². The van der Waals surface area contributed by atoms with Crippen LogP contribution in [0.3, 0.4) is 0 Å². The van der Waals surface area contributed by atoms with Gasteiger partial charge in [-0.3, -0.25) is 14.4 Å². The van der Waals surface area contributed by atoms with E-state index in [1.54, 1.807) is 0 Å². The van der Waals surface area contributed by atoms with E-state index in [1.165, 1.54) is 5.56 Å². The van der Waals surface area contributed by atoms with E-state index in [-0.39, 0.29) is 11.8 Å². The van der Waals surface area contributed by atoms with Crippen molar-refractivity contribution in [2.75, 3.05) is 18.4 Å². The average Bonchev–Trinajstić information content (AvgIpc) is 3.13. The molecule has 2 aromatic carbocycles. The van der Waals surface area contributed by atoms with Crippen molar-refractivity contribution in [2.24, 2.45) is 11.8 Å². The Morgan fingerprint density at radius 3 is 2.48 bits per heavy atom. The average molecular weight is 389 g/mol. The maximum Gasteiger partial charge on any atom is 0.230 e. The molecule has 0 saturated carbocycles. The summed E-state index contributed by atoms with van der Waals surface area (Å²) in [6, 6.07) is 18.4. The summed E-state index contributed by atoms with van der Waals surface area (Å²) in [7, 11) is 0. The predicted molar refractivity (Wildman–Crippen MR) is 116 cm³/mol. The van der Waals surface area contributed by atoms with Gasteiger partial charge in [0.05, 0.1) is 12.1 Å². The minimum Gasteiger partial charge on any atom is -0.326 e. The lowest BCUT2D eigenvalue weighted by atomic mass is 9.98. The quantitative estimate of drug-likeness (QED) is 0.657. The fourth-order valence-electron chi connectivity index (χ4n) is 3.68. The SMILES string of the molecule is CC(C)Cn1cc(-c2ccc(NC(=O)C3CN(Cc4ccccc4)C3)cc2)cn1. The third-order valence-electron chi connectivity index (χ3n) is 5.25. The van der Waals surface area contributed by atoms with Crippen molar-refractivity contribution in [1.82, 2.24) is 14.7 Å². The first-order valence-electron chi connectivity index (χ1n) is 10.3. The lowest BCUT2D eigenvalue weighted by Gasteiger charge is -2.38. The number of carbonyl (C=O) groups excluding carboxylic acids is 1. The highest BCUT2D eigenvalue weighted by Gasteiger charge is 2.32. The highest BCUT2D eigenvalue weighted by molar-refractivity contribution is 5.93. The normalized spacial score (nSPS) is 14.7. The van der Waals surface area contributed by atoms with Gasteiger partial charge in [-0.05, 0) is 29.2 Å². The molecule has 4 rings (SSSR count). The Morgan fingerprint density at radius 2 is 1.79 bits per heavy atom. The number of benzene rings is 2. The van der Waals surface area contributed by atoms with Crippen LogP contribution in [-0.4, -0.2) is 33.7 Å². The van der Waals surface area contributed by atoms with Crippen LogP contribution in [-0.2, 0) is 17.9 Å². The largest absolute Gasteiger partial charge is 0.326 e. The molecular weight excluding hydrogens is 360 g/mol. The van der Waals surface area contributed by atoms with Crippen molar-refractivity contribution < 1.29 is 4.79 Å². The Kier molecular flexibility index (Phi) is 5.76. The monoisotopic (exact) mass is 388 g/mol. The van der Waals surface area contributed by atoms with E-state index >= 15 is 0 Å². The predicted octanol–water partition coefficient (Wildman–Crippen LogP) is 4.28. The summed E-state index contributed by atoms with van der Waals surface area (Å²) >= 11 is 0. The summed E-state index contributed by atoms with van der Waals surface area (Å²) in [5, 5.41) is 7.48. The standard InChI is InChI=1S/C24H28N4O/c1-18(2)13-28-17-21(12-25-28)20-8-10-23(11-9-20)26-24(29)22-15-27(16-22)14-19-6-4-3-5-7-19/h3-12,17-18,22H,13-16H2,1-2H3,(H,26,29). The first-order chi connectivity index (χ1) is 14.1. The molecule has 3 aromatic rings. The smallest absolute Gasteiger partial charge is 0.230 e. The van der Waals surface area contributed by atoms with Gasteiger partial charge in [0.1, 0.15) is 0 Å². The summed E-state index contributed by atoms with van der Waals surface area (Å²) in [6.07, 6.45) is 3.97. The van der Waals surface area contributed by atoms with E-state index in [4.69, 9.17) is 0 Å². The first kappa shape index (κ1) is 19.4. The molecule has 1 saturated heterocycles. The van der Waals surface area contributed by atoms with Gasteiger partial charge < -0.3 is 5.32 Å². The van der Waals surface area contributed by atoms with Crippen molar-refractivity contribution in [3.05, 3.63) is 72.6 Å². The van der Waals surface area contributed by atoms with E-state index in [0.29, 0.717) is 5.92 Å². The molecule has 0 atom stereocenters. The zero-order valence-corrected chi connectivity index (χ0v) is 17.1. The summed E-state index contributed by atoms with van der Waals surface area (Å²) < 4.78 is 1.98. The molecule has 5 heteroatoms. The van der Waals surface area contributed by atoms with Gasteiger partial charge >= 0.3 is 0 Å². The number of hydrogen-bond acceptors (Lipinski definition) is 3. The van der Waals surface area contributed by atoms with E-state index in [0.717, 1.165) is 43.0 Å². The third-order valence-corrected chi connectivity index (χ3v) is 5.25. The number of likely N-dealkylation sites (tertiary alicyclic amines) is 1. The minimum atomic E-state index is 0.0626. The van der Waals surface area contributed by atoms with Gasteiger partial charge in [0.2, 0.25) is 5.91 Å². The highest BCUT2D eigenvalue weighted by Crippen LogP contribution is 2.23. The molecule has 1 N–H and O–H groups in total. The van der Waals surface area contributed by atoms with Crippen LogP contribution in [0.5, 0.6) is 0 Å². The number of nitrogens with zero attached hydrogens (tertiary/aromatic N) is 3. The second-order valence-electron chi connectivity index (χ2n) is 8.29. The number of carbonyl (C=O) groups is 1. The number of hydrogen-bond donors (Lipinski definition) is 1. The second-order valence-corrected chi connectivity index (χ2v) is 8.29. The van der Waals surface area contributed by atoms with Crippen LogP contribution in [0.2, 0.25) is 0 Å². The van der Waals surface area contributed by atoms with Crippen LogP contribution in [0, 0.1) is 11.8 Å². The number of rotatable bonds is 7. The summed E-state index contributed by atoms with van der Waals surface area (Å²) in [5.74, 6) is 0.731. The van der Waals surface area contributed by atoms with Gasteiger partial charge in [-0.15, -0.1) is 0 Å². The minimum absolute atomic E-state index is 0.0626. The van der Waals surface area contributed by atoms with Crippen molar-refractivity contribution in [2.45, 2.75) is 26.9 Å². The maximum atomic E-state index is 12.5. The molecule has 1 aliphatic rings. The van der Waals surface area contributed by atoms with Gasteiger partial charge in [-0.1, -0.05) is 56.3 Å². The van der Waals surface area contributed by atoms with Crippen LogP contribution in [0.25, 0.3) is 11.1 Å². The lowest BCUT2D eigenvalue weighted by Crippen LogP contribution is -2.51. The summed E-state index contributed by atoms with van der Waals surface area (Å²) in [6.45, 7) is 7.81. The Bertz CT molecular complexity index is 941. The zero-order valence-electron chi connectivity index (χ0n) is 17.1. The fraction of sp³-hybridized carbons (Fsp3) is 0.333. The number of amides is 1. The fourth-order valence-corrected chi connectivity index (χ4v) is 3.68. The topological polar surface area (TPSA) is 50.2 Å². The Morgan fingerprint density at radius 1 is 1.07 bits per heavy atom. The van der Waals surface area contributed by atoms with Gasteiger partial charge in [-0.25, -0.2) is 0 Å². The summed E-state index contributed by atoms with van der Waals surface area (Å²) in [5.41, 5.74) is 4.34. The van der Waals surface area contributed by atoms with Gasteiger partial charge in [0.25, 0.3) is 0 Å². The van der Waals surface area contributed by atoms with E-state index in [9.17, 15) is 4.79 Å². The van der Waals surface area contributed by atoms with E-state index < -0.39 is 0 Å². The summed E-state index contributed by atoms with van der Waals surface area (Å²) in [4.78, 5) is 14.8. The van der Waals surface area contributed by atoms with Crippen LogP contribution >= 0.6 is 0 Å². The molecule has 150 valence electrons. The molecule has 0 aliphatic carbocycles. The van der Waals surface area contributed by atoms with E-state index in [2.05, 4.69) is 59.6 Å². The molecule has 29 heavy (non-hydrogen) atoms. The second kappa shape index (κ2) is 8.62. The lowest BCUT2D eigenvalue weighted by molar-refractivity contribution is -0.125. The van der Waals surface area contributed by atoms with Crippen LogP contribution in [0.4, 0.5) is 5.69 Å². The zero-order chi connectivity index (χ0) is 20.2. The Hall–Kier alpha value is -2.92. The molecule has 0 bridgehead atoms. The number of nitrogens with one attached hydrogen (secondary N) is 1. The molecule has 1 aromatic heterocycles. The van der Waals surface area contributed by atoms with Crippen LogP contribution in [0.1, 0.15) is 19.4 Å². The molecule has 0 radical (unpaired) electrons.